The normalized spacial score (nSPS) is 9.12. The third-order valence-corrected chi connectivity index (χ3v) is 2.31. The molecule has 0 fully saturated rings. The summed E-state index contributed by atoms with van der Waals surface area (Å²) in [5.41, 5.74) is 9.59. The molecule has 0 aliphatic carbocycles. The van der Waals surface area contributed by atoms with Gasteiger partial charge in [-0.3, -0.25) is 0 Å². The van der Waals surface area contributed by atoms with E-state index in [4.69, 9.17) is 5.73 Å². The summed E-state index contributed by atoms with van der Waals surface area (Å²) < 4.78 is 0. The minimum atomic E-state index is 0. The van der Waals surface area contributed by atoms with E-state index in [-0.39, 0.29) is 24.8 Å². The predicted molar refractivity (Wildman–Crippen MR) is 72.4 cm³/mol. The van der Waals surface area contributed by atoms with Gasteiger partial charge in [0.05, 0.1) is 5.69 Å². The van der Waals surface area contributed by atoms with Crippen LogP contribution >= 0.6 is 24.8 Å². The predicted octanol–water partition coefficient (Wildman–Crippen LogP) is 3.12. The molecular formula is C11H15Cl2N3. The van der Waals surface area contributed by atoms with Gasteiger partial charge in [-0.2, -0.15) is 0 Å². The van der Waals surface area contributed by atoms with Crippen LogP contribution in [0.5, 0.6) is 0 Å². The zero-order valence-corrected chi connectivity index (χ0v) is 10.8. The molecule has 1 aromatic heterocycles. The molecule has 0 aliphatic rings. The minimum absolute atomic E-state index is 0. The van der Waals surface area contributed by atoms with Gasteiger partial charge in [-0.05, 0) is 38.1 Å². The number of imidazole rings is 1. The lowest BCUT2D eigenvalue weighted by Gasteiger charge is -1.96. The number of hydrogen-bond acceptors (Lipinski definition) is 2. The molecule has 0 aliphatic heterocycles. The topological polar surface area (TPSA) is 54.7 Å². The van der Waals surface area contributed by atoms with Crippen molar-refractivity contribution >= 4 is 30.5 Å². The first-order valence-corrected chi connectivity index (χ1v) is 4.56. The molecule has 2 rings (SSSR count). The summed E-state index contributed by atoms with van der Waals surface area (Å²) in [5, 5.41) is 0. The van der Waals surface area contributed by atoms with Gasteiger partial charge in [0, 0.05) is 16.9 Å². The Hall–Kier alpha value is -1.19. The molecule has 0 atom stereocenters. The van der Waals surface area contributed by atoms with Crippen LogP contribution in [0, 0.1) is 13.8 Å². The van der Waals surface area contributed by atoms with Gasteiger partial charge < -0.3 is 10.7 Å². The number of anilines is 1. The number of nitrogens with two attached hydrogens (primary N) is 1. The van der Waals surface area contributed by atoms with Gasteiger partial charge in [-0.25, -0.2) is 4.98 Å². The van der Waals surface area contributed by atoms with E-state index in [1.54, 1.807) is 0 Å². The number of rotatable bonds is 1. The fraction of sp³-hybridized carbons (Fsp3) is 0.182. The van der Waals surface area contributed by atoms with Crippen LogP contribution in [0.2, 0.25) is 0 Å². The van der Waals surface area contributed by atoms with E-state index in [1.807, 2.05) is 38.1 Å². The van der Waals surface area contributed by atoms with E-state index in [0.717, 1.165) is 28.5 Å². The fourth-order valence-electron chi connectivity index (χ4n) is 1.33. The van der Waals surface area contributed by atoms with E-state index < -0.39 is 0 Å². The Labute approximate surface area is 107 Å². The van der Waals surface area contributed by atoms with Crippen molar-refractivity contribution in [3.8, 4) is 11.4 Å². The Balaban J connectivity index is 0.00000112. The lowest BCUT2D eigenvalue weighted by molar-refractivity contribution is 1.22. The molecular weight excluding hydrogens is 245 g/mol. The zero-order chi connectivity index (χ0) is 10.1. The van der Waals surface area contributed by atoms with Crippen LogP contribution < -0.4 is 5.73 Å². The zero-order valence-electron chi connectivity index (χ0n) is 9.15. The van der Waals surface area contributed by atoms with Crippen molar-refractivity contribution in [2.75, 3.05) is 5.73 Å². The highest BCUT2D eigenvalue weighted by molar-refractivity contribution is 5.85. The fourth-order valence-corrected chi connectivity index (χ4v) is 1.33. The lowest BCUT2D eigenvalue weighted by Crippen LogP contribution is -1.85. The molecule has 88 valence electrons. The van der Waals surface area contributed by atoms with E-state index in [1.165, 1.54) is 0 Å². The molecule has 2 aromatic rings. The first-order chi connectivity index (χ1) is 6.66. The molecule has 0 amide bonds. The van der Waals surface area contributed by atoms with E-state index in [0.29, 0.717) is 0 Å². The van der Waals surface area contributed by atoms with Gasteiger partial charge in [-0.15, -0.1) is 24.8 Å². The van der Waals surface area contributed by atoms with Gasteiger partial charge in [0.1, 0.15) is 5.82 Å². The smallest absolute Gasteiger partial charge is 0.137 e. The second kappa shape index (κ2) is 5.77. The Morgan fingerprint density at radius 2 is 1.62 bits per heavy atom. The first kappa shape index (κ1) is 14.8. The van der Waals surface area contributed by atoms with Crippen LogP contribution in [0.4, 0.5) is 5.69 Å². The number of aryl methyl sites for hydroxylation is 2. The molecule has 0 unspecified atom stereocenters. The van der Waals surface area contributed by atoms with Gasteiger partial charge in [0.2, 0.25) is 0 Å². The molecule has 16 heavy (non-hydrogen) atoms. The highest BCUT2D eigenvalue weighted by Gasteiger charge is 2.03. The van der Waals surface area contributed by atoms with Gasteiger partial charge in [-0.1, -0.05) is 0 Å². The summed E-state index contributed by atoms with van der Waals surface area (Å²) in [6.45, 7) is 4.01. The van der Waals surface area contributed by atoms with Crippen LogP contribution in [-0.2, 0) is 0 Å². The van der Waals surface area contributed by atoms with Crippen LogP contribution in [-0.4, -0.2) is 9.97 Å². The number of aromatic nitrogens is 2. The third kappa shape index (κ3) is 2.90. The number of hydrogen-bond donors (Lipinski definition) is 2. The largest absolute Gasteiger partial charge is 0.399 e. The maximum absolute atomic E-state index is 5.61. The molecule has 1 heterocycles. The van der Waals surface area contributed by atoms with Crippen molar-refractivity contribution in [1.29, 1.82) is 0 Å². The number of benzene rings is 1. The Morgan fingerprint density at radius 3 is 2.06 bits per heavy atom. The van der Waals surface area contributed by atoms with Crippen LogP contribution in [0.25, 0.3) is 11.4 Å². The van der Waals surface area contributed by atoms with Gasteiger partial charge >= 0.3 is 0 Å². The highest BCUT2D eigenvalue weighted by atomic mass is 35.5. The number of nitrogens with one attached hydrogen (secondary N) is 1. The monoisotopic (exact) mass is 259 g/mol. The maximum Gasteiger partial charge on any atom is 0.137 e. The molecule has 0 bridgehead atoms. The Morgan fingerprint density at radius 1 is 1.06 bits per heavy atom. The summed E-state index contributed by atoms with van der Waals surface area (Å²) in [6.07, 6.45) is 0. The van der Waals surface area contributed by atoms with E-state index >= 15 is 0 Å². The van der Waals surface area contributed by atoms with Crippen LogP contribution in [0.15, 0.2) is 24.3 Å². The third-order valence-electron chi connectivity index (χ3n) is 2.31. The standard InChI is InChI=1S/C11H13N3.2ClH/c1-7-8(2)14-11(13-7)9-3-5-10(12)6-4-9;;/h3-6H,12H2,1-2H3,(H,13,14);2*1H. The summed E-state index contributed by atoms with van der Waals surface area (Å²) >= 11 is 0. The first-order valence-electron chi connectivity index (χ1n) is 4.56. The second-order valence-electron chi connectivity index (χ2n) is 3.42. The average Bonchev–Trinajstić information content (AvgIpc) is 2.48. The summed E-state index contributed by atoms with van der Waals surface area (Å²) in [6, 6.07) is 7.69. The van der Waals surface area contributed by atoms with Crippen molar-refractivity contribution in [2.24, 2.45) is 0 Å². The molecule has 0 radical (unpaired) electrons. The number of nitrogen functional groups attached to an aromatic ring is 1. The summed E-state index contributed by atoms with van der Waals surface area (Å²) in [4.78, 5) is 7.64. The molecule has 3 N–H and O–H groups in total. The highest BCUT2D eigenvalue weighted by Crippen LogP contribution is 2.18. The average molecular weight is 260 g/mol. The number of nitrogens with zero attached hydrogens (tertiary/aromatic N) is 1. The van der Waals surface area contributed by atoms with Crippen molar-refractivity contribution in [1.82, 2.24) is 9.97 Å². The number of halogens is 2. The molecule has 0 saturated heterocycles. The molecule has 5 heteroatoms. The lowest BCUT2D eigenvalue weighted by atomic mass is 10.2. The summed E-state index contributed by atoms with van der Waals surface area (Å²) in [7, 11) is 0. The van der Waals surface area contributed by atoms with Gasteiger partial charge in [0.15, 0.2) is 0 Å². The van der Waals surface area contributed by atoms with Crippen molar-refractivity contribution in [3.05, 3.63) is 35.7 Å². The van der Waals surface area contributed by atoms with Crippen molar-refractivity contribution in [3.63, 3.8) is 0 Å². The molecule has 1 aromatic carbocycles. The Bertz CT molecular complexity index is 429. The maximum atomic E-state index is 5.61. The van der Waals surface area contributed by atoms with Crippen molar-refractivity contribution in [2.45, 2.75) is 13.8 Å². The van der Waals surface area contributed by atoms with E-state index in [2.05, 4.69) is 9.97 Å². The van der Waals surface area contributed by atoms with Crippen LogP contribution in [0.3, 0.4) is 0 Å². The van der Waals surface area contributed by atoms with Gasteiger partial charge in [0.25, 0.3) is 0 Å². The quantitative estimate of drug-likeness (QED) is 0.774. The number of aromatic amines is 1. The minimum Gasteiger partial charge on any atom is -0.399 e. The Kier molecular flexibility index (Phi) is 5.35. The number of H-pyrrole nitrogens is 1. The second-order valence-corrected chi connectivity index (χ2v) is 3.42. The molecule has 0 saturated carbocycles. The van der Waals surface area contributed by atoms with Crippen molar-refractivity contribution < 1.29 is 0 Å². The van der Waals surface area contributed by atoms with E-state index in [9.17, 15) is 0 Å². The summed E-state index contributed by atoms with van der Waals surface area (Å²) in [5.74, 6) is 0.903. The molecule has 0 spiro atoms. The molecule has 3 nitrogen and oxygen atoms in total. The van der Waals surface area contributed by atoms with Crippen LogP contribution in [0.1, 0.15) is 11.4 Å². The SMILES string of the molecule is Cc1nc(-c2ccc(N)cc2)[nH]c1C.Cl.Cl.